The Labute approximate surface area is 224 Å². The van der Waals surface area contributed by atoms with E-state index in [1.165, 1.54) is 134 Å². The molecule has 3 nitrogen and oxygen atoms in total. The zero-order valence-electron chi connectivity index (χ0n) is 24.1. The molecule has 0 heterocycles. The number of carbonyl (C=O) groups is 1. The van der Waals surface area contributed by atoms with E-state index in [0.29, 0.717) is 12.2 Å². The van der Waals surface area contributed by atoms with Gasteiger partial charge < -0.3 is 10.2 Å². The summed E-state index contributed by atoms with van der Waals surface area (Å²) in [7, 11) is 0. The lowest BCUT2D eigenvalue weighted by molar-refractivity contribution is -0.137. The summed E-state index contributed by atoms with van der Waals surface area (Å²) in [6.45, 7) is 4.52. The zero-order valence-corrected chi connectivity index (χ0v) is 24.1. The van der Waals surface area contributed by atoms with Crippen LogP contribution in [0.2, 0.25) is 0 Å². The molecule has 0 unspecified atom stereocenters. The monoisotopic (exact) mass is 504 g/mol. The lowest BCUT2D eigenvalue weighted by Crippen LogP contribution is -1.93. The van der Waals surface area contributed by atoms with Crippen molar-refractivity contribution in [1.29, 1.82) is 0 Å². The van der Waals surface area contributed by atoms with Crippen LogP contribution < -0.4 is 0 Å². The van der Waals surface area contributed by atoms with Gasteiger partial charge >= 0.3 is 5.97 Å². The molecular formula is C33H60O3. The van der Waals surface area contributed by atoms with Gasteiger partial charge in [0.25, 0.3) is 0 Å². The van der Waals surface area contributed by atoms with Gasteiger partial charge in [0.05, 0.1) is 0 Å². The maximum absolute atomic E-state index is 10.3. The molecule has 1 rings (SSSR count). The molecule has 0 bridgehead atoms. The van der Waals surface area contributed by atoms with E-state index < -0.39 is 5.97 Å². The third kappa shape index (κ3) is 27.1. The fourth-order valence-electron chi connectivity index (χ4n) is 4.60. The predicted octanol–water partition coefficient (Wildman–Crippen LogP) is 11.0. The van der Waals surface area contributed by atoms with Gasteiger partial charge in [-0.15, -0.1) is 0 Å². The summed E-state index contributed by atoms with van der Waals surface area (Å²) in [5.41, 5.74) is 1.34. The summed E-state index contributed by atoms with van der Waals surface area (Å²) in [5.74, 6) is -0.289. The molecule has 3 heteroatoms. The van der Waals surface area contributed by atoms with Crippen LogP contribution in [0.1, 0.15) is 167 Å². The highest BCUT2D eigenvalue weighted by atomic mass is 16.4. The first-order valence-corrected chi connectivity index (χ1v) is 15.6. The minimum Gasteiger partial charge on any atom is -0.508 e. The maximum atomic E-state index is 10.3. The van der Waals surface area contributed by atoms with Crippen LogP contribution in [0.15, 0.2) is 24.3 Å². The van der Waals surface area contributed by atoms with E-state index in [2.05, 4.69) is 13.8 Å². The van der Waals surface area contributed by atoms with E-state index in [0.717, 1.165) is 19.3 Å². The molecule has 0 atom stereocenters. The van der Waals surface area contributed by atoms with Gasteiger partial charge in [0.1, 0.15) is 5.75 Å². The molecule has 36 heavy (non-hydrogen) atoms. The van der Waals surface area contributed by atoms with Gasteiger partial charge in [0.15, 0.2) is 0 Å². The van der Waals surface area contributed by atoms with Crippen molar-refractivity contribution in [2.75, 3.05) is 0 Å². The van der Waals surface area contributed by atoms with Gasteiger partial charge in [-0.25, -0.2) is 0 Å². The normalized spacial score (nSPS) is 10.7. The van der Waals surface area contributed by atoms with Crippen molar-refractivity contribution in [3.05, 3.63) is 29.8 Å². The second-order valence-corrected chi connectivity index (χ2v) is 10.6. The third-order valence-corrected chi connectivity index (χ3v) is 7.00. The average molecular weight is 505 g/mol. The number of carboxylic acid groups (broad SMARTS) is 1. The molecule has 0 saturated carbocycles. The Morgan fingerprint density at radius 3 is 1.22 bits per heavy atom. The Morgan fingerprint density at radius 2 is 0.861 bits per heavy atom. The Bertz CT molecular complexity index is 567. The van der Waals surface area contributed by atoms with Crippen LogP contribution in [-0.4, -0.2) is 16.2 Å². The number of aliphatic carboxylic acids is 1. The van der Waals surface area contributed by atoms with Crippen LogP contribution in [-0.2, 0) is 11.2 Å². The number of unbranched alkanes of at least 4 members (excludes halogenated alkanes) is 20. The Balaban J connectivity index is 0.000000696. The van der Waals surface area contributed by atoms with Gasteiger partial charge in [-0.2, -0.15) is 0 Å². The van der Waals surface area contributed by atoms with Crippen molar-refractivity contribution in [3.63, 3.8) is 0 Å². The number of carboxylic acids is 1. The van der Waals surface area contributed by atoms with Gasteiger partial charge in [-0.05, 0) is 37.0 Å². The highest BCUT2D eigenvalue weighted by molar-refractivity contribution is 5.66. The van der Waals surface area contributed by atoms with E-state index in [4.69, 9.17) is 10.2 Å². The molecular weight excluding hydrogens is 444 g/mol. The number of phenols is 1. The molecule has 0 aliphatic rings. The summed E-state index contributed by atoms with van der Waals surface area (Å²) in [5, 5.41) is 17.7. The topological polar surface area (TPSA) is 57.5 Å². The maximum Gasteiger partial charge on any atom is 0.303 e. The van der Waals surface area contributed by atoms with E-state index in [1.807, 2.05) is 12.1 Å². The fourth-order valence-corrected chi connectivity index (χ4v) is 4.60. The van der Waals surface area contributed by atoms with Gasteiger partial charge in [-0.1, -0.05) is 154 Å². The van der Waals surface area contributed by atoms with Crippen LogP contribution in [0.5, 0.6) is 5.75 Å². The molecule has 0 fully saturated rings. The average Bonchev–Trinajstić information content (AvgIpc) is 2.87. The molecule has 2 N–H and O–H groups in total. The smallest absolute Gasteiger partial charge is 0.303 e. The molecule has 0 aliphatic carbocycles. The number of benzene rings is 1. The zero-order chi connectivity index (χ0) is 26.5. The summed E-state index contributed by atoms with van der Waals surface area (Å²) in [6, 6.07) is 7.59. The first-order valence-electron chi connectivity index (χ1n) is 15.6. The molecule has 0 spiro atoms. The standard InChI is InChI=1S/C18H36O2.C15H24O/c1-2-3-4-5-6-7-8-9-10-11-12-13-14-15-16-17-18(19)20;1-2-3-4-5-6-7-8-9-14-10-12-15(16)13-11-14/h2-17H2,1H3,(H,19,20);10-13,16H,2-9H2,1H3. The summed E-state index contributed by atoms with van der Waals surface area (Å²) in [4.78, 5) is 10.3. The van der Waals surface area contributed by atoms with Crippen molar-refractivity contribution in [2.45, 2.75) is 168 Å². The Morgan fingerprint density at radius 1 is 0.528 bits per heavy atom. The van der Waals surface area contributed by atoms with Gasteiger partial charge in [-0.3, -0.25) is 4.79 Å². The predicted molar refractivity (Wildman–Crippen MR) is 157 cm³/mol. The number of aromatic hydroxyl groups is 1. The Kier molecular flexibility index (Phi) is 26.9. The molecule has 0 saturated heterocycles. The SMILES string of the molecule is CCCCCCCCCCCCCCCCCC(=O)O.CCCCCCCCCc1ccc(O)cc1. The summed E-state index contributed by atoms with van der Waals surface area (Å²) < 4.78 is 0. The van der Waals surface area contributed by atoms with Crippen molar-refractivity contribution in [3.8, 4) is 5.75 Å². The molecule has 0 radical (unpaired) electrons. The molecule has 1 aromatic rings. The van der Waals surface area contributed by atoms with E-state index in [-0.39, 0.29) is 0 Å². The summed E-state index contributed by atoms with van der Waals surface area (Å²) in [6.07, 6.45) is 30.8. The first-order chi connectivity index (χ1) is 17.6. The second-order valence-electron chi connectivity index (χ2n) is 10.6. The van der Waals surface area contributed by atoms with Crippen LogP contribution in [0.3, 0.4) is 0 Å². The van der Waals surface area contributed by atoms with Crippen molar-refractivity contribution in [2.24, 2.45) is 0 Å². The number of hydrogen-bond acceptors (Lipinski definition) is 2. The quantitative estimate of drug-likeness (QED) is 0.138. The van der Waals surface area contributed by atoms with Gasteiger partial charge in [0, 0.05) is 6.42 Å². The Hall–Kier alpha value is -1.51. The molecule has 210 valence electrons. The van der Waals surface area contributed by atoms with E-state index in [1.54, 1.807) is 12.1 Å². The summed E-state index contributed by atoms with van der Waals surface area (Å²) >= 11 is 0. The van der Waals surface area contributed by atoms with Crippen molar-refractivity contribution < 1.29 is 15.0 Å². The highest BCUT2D eigenvalue weighted by Gasteiger charge is 1.97. The van der Waals surface area contributed by atoms with Crippen LogP contribution in [0.4, 0.5) is 0 Å². The first kappa shape index (κ1) is 34.5. The number of aryl methyl sites for hydroxylation is 1. The molecule has 0 aromatic heterocycles. The van der Waals surface area contributed by atoms with Crippen LogP contribution in [0.25, 0.3) is 0 Å². The fraction of sp³-hybridized carbons (Fsp3) is 0.788. The third-order valence-electron chi connectivity index (χ3n) is 7.00. The highest BCUT2D eigenvalue weighted by Crippen LogP contribution is 2.15. The minimum absolute atomic E-state index is 0.345. The minimum atomic E-state index is -0.653. The van der Waals surface area contributed by atoms with E-state index in [9.17, 15) is 4.79 Å². The molecule has 0 aliphatic heterocycles. The lowest BCUT2D eigenvalue weighted by atomic mass is 10.0. The lowest BCUT2D eigenvalue weighted by Gasteiger charge is -2.03. The van der Waals surface area contributed by atoms with E-state index >= 15 is 0 Å². The number of hydrogen-bond donors (Lipinski definition) is 2. The van der Waals surface area contributed by atoms with Crippen LogP contribution >= 0.6 is 0 Å². The van der Waals surface area contributed by atoms with Crippen LogP contribution in [0, 0.1) is 0 Å². The van der Waals surface area contributed by atoms with Crippen molar-refractivity contribution >= 4 is 5.97 Å². The van der Waals surface area contributed by atoms with Gasteiger partial charge in [0.2, 0.25) is 0 Å². The van der Waals surface area contributed by atoms with Crippen molar-refractivity contribution in [1.82, 2.24) is 0 Å². The molecule has 1 aromatic carbocycles. The number of phenolic OH excluding ortho intramolecular Hbond substituents is 1. The second kappa shape index (κ2) is 28.1. The largest absolute Gasteiger partial charge is 0.508 e. The molecule has 0 amide bonds. The number of rotatable bonds is 24.